The van der Waals surface area contributed by atoms with Gasteiger partial charge in [-0.2, -0.15) is 0 Å². The number of nitrogens with two attached hydrogens (primary N) is 1. The van der Waals surface area contributed by atoms with Crippen LogP contribution in [0.25, 0.3) is 11.0 Å². The lowest BCUT2D eigenvalue weighted by Gasteiger charge is -2.29. The van der Waals surface area contributed by atoms with Crippen LogP contribution in [0, 0.1) is 5.92 Å². The van der Waals surface area contributed by atoms with Crippen molar-refractivity contribution in [1.29, 1.82) is 0 Å². The van der Waals surface area contributed by atoms with E-state index in [-0.39, 0.29) is 0 Å². The van der Waals surface area contributed by atoms with Crippen molar-refractivity contribution in [2.45, 2.75) is 25.8 Å². The first-order chi connectivity index (χ1) is 9.16. The predicted molar refractivity (Wildman–Crippen MR) is 80.1 cm³/mol. The van der Waals surface area contributed by atoms with Crippen LogP contribution >= 0.6 is 15.9 Å². The van der Waals surface area contributed by atoms with Gasteiger partial charge in [-0.1, -0.05) is 15.9 Å². The Balaban J connectivity index is 2.02. The number of imidazole rings is 1. The second-order valence-corrected chi connectivity index (χ2v) is 6.08. The molecule has 0 saturated carbocycles. The van der Waals surface area contributed by atoms with Crippen molar-refractivity contribution >= 4 is 32.9 Å². The maximum Gasteiger partial charge on any atom is 0.201 e. The fourth-order valence-corrected chi connectivity index (χ4v) is 3.27. The van der Waals surface area contributed by atoms with Crippen LogP contribution in [-0.2, 0) is 4.74 Å². The molecule has 2 heterocycles. The molecule has 5 heteroatoms. The zero-order valence-electron chi connectivity index (χ0n) is 11.0. The second kappa shape index (κ2) is 5.13. The van der Waals surface area contributed by atoms with Gasteiger partial charge in [-0.15, -0.1) is 0 Å². The van der Waals surface area contributed by atoms with E-state index in [1.165, 1.54) is 0 Å². The molecule has 1 aromatic heterocycles. The highest BCUT2D eigenvalue weighted by Gasteiger charge is 2.24. The van der Waals surface area contributed by atoms with Crippen LogP contribution in [0.1, 0.15) is 25.8 Å². The molecule has 102 valence electrons. The third-order valence-corrected chi connectivity index (χ3v) is 4.53. The van der Waals surface area contributed by atoms with Crippen molar-refractivity contribution in [2.75, 3.05) is 18.9 Å². The van der Waals surface area contributed by atoms with E-state index in [9.17, 15) is 0 Å². The number of anilines is 1. The lowest BCUT2D eigenvalue weighted by molar-refractivity contribution is 0.0521. The summed E-state index contributed by atoms with van der Waals surface area (Å²) in [4.78, 5) is 4.46. The normalized spacial score (nSPS) is 18.8. The van der Waals surface area contributed by atoms with E-state index in [4.69, 9.17) is 10.5 Å². The molecule has 0 amide bonds. The molecule has 1 atom stereocenters. The van der Waals surface area contributed by atoms with Crippen LogP contribution in [0.2, 0.25) is 0 Å². The summed E-state index contributed by atoms with van der Waals surface area (Å²) in [5.74, 6) is 1.21. The molecule has 0 aliphatic carbocycles. The zero-order chi connectivity index (χ0) is 13.4. The molecule has 2 aromatic rings. The summed E-state index contributed by atoms with van der Waals surface area (Å²) >= 11 is 3.52. The minimum absolute atomic E-state index is 0.350. The number of nitrogens with zero attached hydrogens (tertiary/aromatic N) is 2. The van der Waals surface area contributed by atoms with E-state index in [1.54, 1.807) is 0 Å². The first-order valence-corrected chi connectivity index (χ1v) is 7.47. The summed E-state index contributed by atoms with van der Waals surface area (Å²) < 4.78 is 8.66. The van der Waals surface area contributed by atoms with E-state index >= 15 is 0 Å². The Kier molecular flexibility index (Phi) is 3.50. The van der Waals surface area contributed by atoms with Crippen LogP contribution in [0.4, 0.5) is 5.95 Å². The van der Waals surface area contributed by atoms with Crippen molar-refractivity contribution < 1.29 is 4.74 Å². The lowest BCUT2D eigenvalue weighted by atomic mass is 9.92. The van der Waals surface area contributed by atoms with Crippen molar-refractivity contribution in [1.82, 2.24) is 9.55 Å². The highest BCUT2D eigenvalue weighted by Crippen LogP contribution is 2.33. The topological polar surface area (TPSA) is 53.1 Å². The first kappa shape index (κ1) is 12.9. The molecular weight excluding hydrogens is 306 g/mol. The van der Waals surface area contributed by atoms with Gasteiger partial charge < -0.3 is 15.0 Å². The Morgan fingerprint density at radius 2 is 2.16 bits per heavy atom. The highest BCUT2D eigenvalue weighted by atomic mass is 79.9. The molecule has 0 bridgehead atoms. The summed E-state index contributed by atoms with van der Waals surface area (Å²) in [7, 11) is 0. The van der Waals surface area contributed by atoms with E-state index < -0.39 is 0 Å². The number of benzene rings is 1. The van der Waals surface area contributed by atoms with Gasteiger partial charge in [0.2, 0.25) is 5.95 Å². The van der Waals surface area contributed by atoms with Crippen LogP contribution in [0.3, 0.4) is 0 Å². The standard InChI is InChI=1S/C14H18BrN3O/c1-9(10-4-6-19-7-5-10)18-13-8-11(15)2-3-12(13)17-14(18)16/h2-3,8-10H,4-7H2,1H3,(H2,16,17). The fourth-order valence-electron chi connectivity index (χ4n) is 2.92. The monoisotopic (exact) mass is 323 g/mol. The van der Waals surface area contributed by atoms with E-state index in [1.807, 2.05) is 12.1 Å². The number of nitrogen functional groups attached to an aromatic ring is 1. The third kappa shape index (κ3) is 2.37. The number of rotatable bonds is 2. The SMILES string of the molecule is CC(C1CCOCC1)n1c(N)nc2ccc(Br)cc21. The van der Waals surface area contributed by atoms with E-state index in [0.29, 0.717) is 17.9 Å². The van der Waals surface area contributed by atoms with Crippen LogP contribution in [0.15, 0.2) is 22.7 Å². The Labute approximate surface area is 121 Å². The summed E-state index contributed by atoms with van der Waals surface area (Å²) in [5, 5.41) is 0. The Morgan fingerprint density at radius 1 is 1.42 bits per heavy atom. The number of hydrogen-bond donors (Lipinski definition) is 1. The third-order valence-electron chi connectivity index (χ3n) is 4.03. The number of hydrogen-bond acceptors (Lipinski definition) is 3. The second-order valence-electron chi connectivity index (χ2n) is 5.16. The van der Waals surface area contributed by atoms with Gasteiger partial charge >= 0.3 is 0 Å². The molecule has 1 saturated heterocycles. The van der Waals surface area contributed by atoms with Gasteiger partial charge in [-0.25, -0.2) is 4.98 Å². The van der Waals surface area contributed by atoms with Crippen LogP contribution in [0.5, 0.6) is 0 Å². The van der Waals surface area contributed by atoms with Gasteiger partial charge in [-0.3, -0.25) is 0 Å². The number of halogens is 1. The number of aromatic nitrogens is 2. The maximum atomic E-state index is 6.12. The van der Waals surface area contributed by atoms with Crippen molar-refractivity contribution in [3.05, 3.63) is 22.7 Å². The quantitative estimate of drug-likeness (QED) is 0.921. The van der Waals surface area contributed by atoms with Gasteiger partial charge in [0.25, 0.3) is 0 Å². The largest absolute Gasteiger partial charge is 0.381 e. The average molecular weight is 324 g/mol. The molecule has 1 aliphatic rings. The van der Waals surface area contributed by atoms with E-state index in [2.05, 4.69) is 38.5 Å². The Morgan fingerprint density at radius 3 is 2.89 bits per heavy atom. The van der Waals surface area contributed by atoms with Crippen LogP contribution < -0.4 is 5.73 Å². The summed E-state index contributed by atoms with van der Waals surface area (Å²) in [6.45, 7) is 3.94. The number of ether oxygens (including phenoxy) is 1. The van der Waals surface area contributed by atoms with E-state index in [0.717, 1.165) is 41.6 Å². The summed E-state index contributed by atoms with van der Waals surface area (Å²) in [5.41, 5.74) is 8.18. The summed E-state index contributed by atoms with van der Waals surface area (Å²) in [6.07, 6.45) is 2.18. The lowest BCUT2D eigenvalue weighted by Crippen LogP contribution is -2.24. The molecule has 1 fully saturated rings. The highest BCUT2D eigenvalue weighted by molar-refractivity contribution is 9.10. The molecule has 3 rings (SSSR count). The van der Waals surface area contributed by atoms with Gasteiger partial charge in [-0.05, 0) is 43.9 Å². The fraction of sp³-hybridized carbons (Fsp3) is 0.500. The van der Waals surface area contributed by atoms with Crippen LogP contribution in [-0.4, -0.2) is 22.8 Å². The molecule has 1 aromatic carbocycles. The van der Waals surface area contributed by atoms with Gasteiger partial charge in [0.1, 0.15) is 0 Å². The maximum absolute atomic E-state index is 6.12. The van der Waals surface area contributed by atoms with Crippen molar-refractivity contribution in [2.24, 2.45) is 5.92 Å². The molecule has 1 unspecified atom stereocenters. The van der Waals surface area contributed by atoms with Crippen molar-refractivity contribution in [3.8, 4) is 0 Å². The Hall–Kier alpha value is -1.07. The van der Waals surface area contributed by atoms with Gasteiger partial charge in [0.05, 0.1) is 11.0 Å². The molecule has 2 N–H and O–H groups in total. The smallest absolute Gasteiger partial charge is 0.201 e. The average Bonchev–Trinajstić information content (AvgIpc) is 2.74. The summed E-state index contributed by atoms with van der Waals surface area (Å²) in [6, 6.07) is 6.44. The molecule has 1 aliphatic heterocycles. The first-order valence-electron chi connectivity index (χ1n) is 6.67. The van der Waals surface area contributed by atoms with Gasteiger partial charge in [0.15, 0.2) is 0 Å². The number of fused-ring (bicyclic) bond motifs is 1. The molecule has 0 spiro atoms. The Bertz CT molecular complexity index is 590. The molecule has 0 radical (unpaired) electrons. The molecular formula is C14H18BrN3O. The predicted octanol–water partition coefficient (Wildman–Crippen LogP) is 3.37. The minimum atomic E-state index is 0.350. The minimum Gasteiger partial charge on any atom is -0.381 e. The van der Waals surface area contributed by atoms with Crippen molar-refractivity contribution in [3.63, 3.8) is 0 Å². The molecule has 4 nitrogen and oxygen atoms in total. The van der Waals surface area contributed by atoms with Gasteiger partial charge in [0, 0.05) is 23.7 Å². The zero-order valence-corrected chi connectivity index (χ0v) is 12.6. The molecule has 19 heavy (non-hydrogen) atoms.